The van der Waals surface area contributed by atoms with E-state index in [1.54, 1.807) is 0 Å². The molecule has 0 radical (unpaired) electrons. The number of nitrogens with zero attached hydrogens (tertiary/aromatic N) is 4. The zero-order chi connectivity index (χ0) is 14.7. The maximum absolute atomic E-state index is 12.4. The SMILES string of the molecule is CC(C)(C#N)CCCSc1nnc(C(F)(F)F)n1N. The molecule has 0 saturated heterocycles. The second kappa shape index (κ2) is 5.69. The van der Waals surface area contributed by atoms with Gasteiger partial charge < -0.3 is 5.84 Å². The fraction of sp³-hybridized carbons (Fsp3) is 0.700. The summed E-state index contributed by atoms with van der Waals surface area (Å²) in [7, 11) is 0. The highest BCUT2D eigenvalue weighted by molar-refractivity contribution is 7.99. The Hall–Kier alpha value is -1.43. The van der Waals surface area contributed by atoms with Crippen LogP contribution in [-0.4, -0.2) is 20.6 Å². The summed E-state index contributed by atoms with van der Waals surface area (Å²) < 4.78 is 37.7. The topological polar surface area (TPSA) is 80.5 Å². The Labute approximate surface area is 113 Å². The molecule has 0 aromatic carbocycles. The van der Waals surface area contributed by atoms with Crippen LogP contribution in [0.1, 0.15) is 32.5 Å². The van der Waals surface area contributed by atoms with Gasteiger partial charge in [-0.25, -0.2) is 4.68 Å². The van der Waals surface area contributed by atoms with Crippen molar-refractivity contribution in [2.75, 3.05) is 11.6 Å². The molecule has 9 heteroatoms. The molecule has 0 amide bonds. The number of rotatable bonds is 5. The zero-order valence-electron chi connectivity index (χ0n) is 10.5. The number of hydrogen-bond donors (Lipinski definition) is 1. The predicted octanol–water partition coefficient (Wildman–Crippen LogP) is 2.43. The molecule has 0 fully saturated rings. The minimum Gasteiger partial charge on any atom is -0.335 e. The van der Waals surface area contributed by atoms with Crippen LogP contribution in [0.15, 0.2) is 5.16 Å². The van der Waals surface area contributed by atoms with Crippen molar-refractivity contribution in [1.82, 2.24) is 14.9 Å². The fourth-order valence-electron chi connectivity index (χ4n) is 1.30. The van der Waals surface area contributed by atoms with Crippen LogP contribution in [-0.2, 0) is 6.18 Å². The Morgan fingerprint density at radius 2 is 2.00 bits per heavy atom. The molecule has 1 rings (SSSR count). The number of halogens is 3. The van der Waals surface area contributed by atoms with E-state index in [9.17, 15) is 13.2 Å². The predicted molar refractivity (Wildman–Crippen MR) is 64.5 cm³/mol. The smallest absolute Gasteiger partial charge is 0.335 e. The molecule has 0 saturated carbocycles. The molecule has 0 atom stereocenters. The van der Waals surface area contributed by atoms with Crippen LogP contribution in [0.2, 0.25) is 0 Å². The molecule has 1 aromatic heterocycles. The maximum Gasteiger partial charge on any atom is 0.453 e. The Morgan fingerprint density at radius 1 is 1.37 bits per heavy atom. The normalized spacial score (nSPS) is 12.4. The van der Waals surface area contributed by atoms with Gasteiger partial charge in [-0.1, -0.05) is 11.8 Å². The van der Waals surface area contributed by atoms with E-state index in [1.807, 2.05) is 13.8 Å². The third-order valence-electron chi connectivity index (χ3n) is 2.40. The third kappa shape index (κ3) is 4.31. The average molecular weight is 293 g/mol. The largest absolute Gasteiger partial charge is 0.453 e. The molecule has 0 unspecified atom stereocenters. The molecule has 1 aromatic rings. The van der Waals surface area contributed by atoms with Crippen molar-refractivity contribution in [1.29, 1.82) is 5.26 Å². The molecule has 0 aliphatic rings. The number of hydrogen-bond acceptors (Lipinski definition) is 5. The van der Waals surface area contributed by atoms with E-state index in [0.29, 0.717) is 23.3 Å². The van der Waals surface area contributed by atoms with Crippen LogP contribution in [0.3, 0.4) is 0 Å². The Morgan fingerprint density at radius 3 is 2.47 bits per heavy atom. The Balaban J connectivity index is 2.52. The summed E-state index contributed by atoms with van der Waals surface area (Å²) >= 11 is 1.09. The van der Waals surface area contributed by atoms with Crippen molar-refractivity contribution in [3.05, 3.63) is 5.82 Å². The van der Waals surface area contributed by atoms with Gasteiger partial charge in [-0.05, 0) is 26.7 Å². The summed E-state index contributed by atoms with van der Waals surface area (Å²) in [6.45, 7) is 3.62. The summed E-state index contributed by atoms with van der Waals surface area (Å²) in [6, 6.07) is 2.16. The van der Waals surface area contributed by atoms with Crippen LogP contribution in [0.4, 0.5) is 13.2 Å². The second-order valence-electron chi connectivity index (χ2n) is 4.62. The van der Waals surface area contributed by atoms with Gasteiger partial charge in [0.1, 0.15) is 0 Å². The van der Waals surface area contributed by atoms with Crippen LogP contribution in [0.25, 0.3) is 0 Å². The first-order valence-corrected chi connectivity index (χ1v) is 6.48. The van der Waals surface area contributed by atoms with E-state index in [1.165, 1.54) is 0 Å². The lowest BCUT2D eigenvalue weighted by Crippen LogP contribution is -2.21. The van der Waals surface area contributed by atoms with Crippen molar-refractivity contribution >= 4 is 11.8 Å². The molecule has 0 spiro atoms. The molecule has 19 heavy (non-hydrogen) atoms. The van der Waals surface area contributed by atoms with Crippen molar-refractivity contribution in [2.24, 2.45) is 5.41 Å². The summed E-state index contributed by atoms with van der Waals surface area (Å²) in [5.74, 6) is 4.59. The highest BCUT2D eigenvalue weighted by atomic mass is 32.2. The standard InChI is InChI=1S/C10H14F3N5S/c1-9(2,6-14)4-3-5-19-8-17-16-7(18(8)15)10(11,12)13/h3-5,15H2,1-2H3. The lowest BCUT2D eigenvalue weighted by atomic mass is 9.90. The molecular weight excluding hydrogens is 279 g/mol. The number of aromatic nitrogens is 3. The quantitative estimate of drug-likeness (QED) is 0.512. The Kier molecular flexibility index (Phi) is 4.68. The average Bonchev–Trinajstić information content (AvgIpc) is 2.66. The first-order chi connectivity index (χ1) is 8.67. The van der Waals surface area contributed by atoms with E-state index in [0.717, 1.165) is 11.8 Å². The molecule has 1 heterocycles. The van der Waals surface area contributed by atoms with Gasteiger partial charge in [0.25, 0.3) is 5.82 Å². The number of nitrogens with two attached hydrogens (primary N) is 1. The van der Waals surface area contributed by atoms with E-state index < -0.39 is 17.4 Å². The number of thioether (sulfide) groups is 1. The lowest BCUT2D eigenvalue weighted by Gasteiger charge is -2.13. The lowest BCUT2D eigenvalue weighted by molar-refractivity contribution is -0.146. The van der Waals surface area contributed by atoms with Crippen LogP contribution in [0.5, 0.6) is 0 Å². The van der Waals surface area contributed by atoms with Gasteiger partial charge in [0.2, 0.25) is 5.16 Å². The molecule has 5 nitrogen and oxygen atoms in total. The van der Waals surface area contributed by atoms with E-state index >= 15 is 0 Å². The van der Waals surface area contributed by atoms with Gasteiger partial charge in [-0.3, -0.25) is 0 Å². The molecule has 0 aliphatic carbocycles. The fourth-order valence-corrected chi connectivity index (χ4v) is 2.10. The summed E-state index contributed by atoms with van der Waals surface area (Å²) in [4.78, 5) is 0. The van der Waals surface area contributed by atoms with Gasteiger partial charge in [0, 0.05) is 5.75 Å². The summed E-state index contributed by atoms with van der Waals surface area (Å²) in [5.41, 5.74) is -0.436. The zero-order valence-corrected chi connectivity index (χ0v) is 11.3. The van der Waals surface area contributed by atoms with Gasteiger partial charge in [0.15, 0.2) is 0 Å². The summed E-state index contributed by atoms with van der Waals surface area (Å²) in [6.07, 6.45) is -3.27. The monoisotopic (exact) mass is 293 g/mol. The van der Waals surface area contributed by atoms with Gasteiger partial charge in [-0.15, -0.1) is 10.2 Å². The van der Waals surface area contributed by atoms with Gasteiger partial charge in [-0.2, -0.15) is 18.4 Å². The van der Waals surface area contributed by atoms with Crippen molar-refractivity contribution in [2.45, 2.75) is 38.0 Å². The molecule has 2 N–H and O–H groups in total. The van der Waals surface area contributed by atoms with Gasteiger partial charge >= 0.3 is 6.18 Å². The van der Waals surface area contributed by atoms with E-state index in [2.05, 4.69) is 16.3 Å². The van der Waals surface area contributed by atoms with E-state index in [-0.39, 0.29) is 5.16 Å². The van der Waals surface area contributed by atoms with Crippen molar-refractivity contribution in [3.8, 4) is 6.07 Å². The third-order valence-corrected chi connectivity index (χ3v) is 3.43. The number of nitrogen functional groups attached to an aromatic ring is 1. The molecular formula is C10H14F3N5S. The minimum atomic E-state index is -4.61. The van der Waals surface area contributed by atoms with Crippen molar-refractivity contribution in [3.63, 3.8) is 0 Å². The van der Waals surface area contributed by atoms with Crippen molar-refractivity contribution < 1.29 is 13.2 Å². The van der Waals surface area contributed by atoms with Crippen LogP contribution in [0, 0.1) is 16.7 Å². The summed E-state index contributed by atoms with van der Waals surface area (Å²) in [5, 5.41) is 15.3. The van der Waals surface area contributed by atoms with Gasteiger partial charge in [0.05, 0.1) is 11.5 Å². The Bertz CT molecular complexity index is 474. The maximum atomic E-state index is 12.4. The first-order valence-electron chi connectivity index (χ1n) is 5.49. The highest BCUT2D eigenvalue weighted by Gasteiger charge is 2.38. The number of nitriles is 1. The minimum absolute atomic E-state index is 0.0158. The first kappa shape index (κ1) is 15.6. The molecule has 0 aliphatic heterocycles. The number of alkyl halides is 3. The van der Waals surface area contributed by atoms with Crippen LogP contribution < -0.4 is 5.84 Å². The second-order valence-corrected chi connectivity index (χ2v) is 5.68. The molecule has 0 bridgehead atoms. The highest BCUT2D eigenvalue weighted by Crippen LogP contribution is 2.29. The van der Waals surface area contributed by atoms with Crippen LogP contribution >= 0.6 is 11.8 Å². The molecule has 106 valence electrons. The van der Waals surface area contributed by atoms with E-state index in [4.69, 9.17) is 11.1 Å².